The van der Waals surface area contributed by atoms with E-state index in [1.165, 1.54) is 5.56 Å². The van der Waals surface area contributed by atoms with Crippen LogP contribution in [0.2, 0.25) is 0 Å². The van der Waals surface area contributed by atoms with E-state index in [0.717, 1.165) is 48.4 Å². The number of hydrogen-bond acceptors (Lipinski definition) is 6. The molecule has 4 aliphatic rings. The van der Waals surface area contributed by atoms with Crippen LogP contribution in [-0.2, 0) is 21.4 Å². The Morgan fingerprint density at radius 1 is 1.26 bits per heavy atom. The SMILES string of the molecule is COC1=CC23CCN(C)C(CCc4cc5c(c(OC)c42)OCO5)C3=CC1=O. The van der Waals surface area contributed by atoms with E-state index in [4.69, 9.17) is 18.9 Å². The molecule has 0 radical (unpaired) electrons. The maximum Gasteiger partial charge on any atom is 0.231 e. The van der Waals surface area contributed by atoms with Gasteiger partial charge in [0, 0.05) is 17.0 Å². The summed E-state index contributed by atoms with van der Waals surface area (Å²) in [5, 5.41) is 0. The molecule has 1 aromatic carbocycles. The van der Waals surface area contributed by atoms with Crippen molar-refractivity contribution >= 4 is 5.78 Å². The third-order valence-electron chi connectivity index (χ3n) is 6.43. The standard InChI is InChI=1S/C21H23NO5/c1-22-7-6-21-10-17(24-2)15(23)9-13(21)14(22)5-4-12-8-16-19(27-11-26-16)20(25-3)18(12)21/h8-10,14H,4-7,11H2,1-3H3. The molecule has 5 rings (SSSR count). The lowest BCUT2D eigenvalue weighted by Crippen LogP contribution is -2.49. The fourth-order valence-corrected chi connectivity index (χ4v) is 5.19. The average molecular weight is 369 g/mol. The quantitative estimate of drug-likeness (QED) is 0.798. The molecule has 2 bridgehead atoms. The number of allylic oxidation sites excluding steroid dienone is 2. The number of nitrogens with zero attached hydrogens (tertiary/aromatic N) is 1. The van der Waals surface area contributed by atoms with Crippen molar-refractivity contribution in [1.29, 1.82) is 0 Å². The number of piperidine rings is 1. The summed E-state index contributed by atoms with van der Waals surface area (Å²) in [6.07, 6.45) is 6.50. The topological polar surface area (TPSA) is 57.2 Å². The van der Waals surface area contributed by atoms with Crippen molar-refractivity contribution in [2.75, 3.05) is 34.6 Å². The molecule has 2 unspecified atom stereocenters. The Balaban J connectivity index is 1.84. The first-order valence-electron chi connectivity index (χ1n) is 9.32. The number of methoxy groups -OCH3 is 2. The van der Waals surface area contributed by atoms with E-state index in [0.29, 0.717) is 11.5 Å². The van der Waals surface area contributed by atoms with E-state index in [-0.39, 0.29) is 18.6 Å². The first kappa shape index (κ1) is 16.7. The molecule has 0 N–H and O–H groups in total. The van der Waals surface area contributed by atoms with Gasteiger partial charge in [-0.25, -0.2) is 0 Å². The van der Waals surface area contributed by atoms with Crippen LogP contribution in [0.5, 0.6) is 17.2 Å². The lowest BCUT2D eigenvalue weighted by atomic mass is 9.64. The Bertz CT molecular complexity index is 902. The van der Waals surface area contributed by atoms with Gasteiger partial charge in [-0.15, -0.1) is 0 Å². The molecule has 6 heteroatoms. The van der Waals surface area contributed by atoms with Gasteiger partial charge >= 0.3 is 0 Å². The second kappa shape index (κ2) is 5.76. The second-order valence-corrected chi connectivity index (χ2v) is 7.61. The summed E-state index contributed by atoms with van der Waals surface area (Å²) in [5.74, 6) is 2.45. The summed E-state index contributed by atoms with van der Waals surface area (Å²) in [5.41, 5.74) is 3.01. The zero-order valence-corrected chi connectivity index (χ0v) is 15.8. The van der Waals surface area contributed by atoms with E-state index in [2.05, 4.69) is 18.0 Å². The van der Waals surface area contributed by atoms with E-state index >= 15 is 0 Å². The highest BCUT2D eigenvalue weighted by atomic mass is 16.7. The van der Waals surface area contributed by atoms with Crippen LogP contribution in [0.25, 0.3) is 0 Å². The van der Waals surface area contributed by atoms with Crippen molar-refractivity contribution in [1.82, 2.24) is 4.90 Å². The zero-order valence-electron chi connectivity index (χ0n) is 15.8. The maximum atomic E-state index is 12.6. The molecule has 2 aliphatic carbocycles. The number of rotatable bonds is 2. The first-order chi connectivity index (χ1) is 13.1. The van der Waals surface area contributed by atoms with Crippen LogP contribution < -0.4 is 14.2 Å². The summed E-state index contributed by atoms with van der Waals surface area (Å²) in [6.45, 7) is 1.13. The van der Waals surface area contributed by atoms with Gasteiger partial charge in [0.2, 0.25) is 18.3 Å². The highest BCUT2D eigenvalue weighted by molar-refractivity contribution is 6.05. The molecule has 1 saturated heterocycles. The van der Waals surface area contributed by atoms with Crippen LogP contribution in [-0.4, -0.2) is 51.3 Å². The molecular weight excluding hydrogens is 346 g/mol. The van der Waals surface area contributed by atoms with E-state index in [1.54, 1.807) is 20.3 Å². The predicted molar refractivity (Wildman–Crippen MR) is 98.3 cm³/mol. The number of hydrogen-bond donors (Lipinski definition) is 0. The van der Waals surface area contributed by atoms with Gasteiger partial charge in [0.05, 0.1) is 14.2 Å². The Hall–Kier alpha value is -2.47. The van der Waals surface area contributed by atoms with Gasteiger partial charge in [0.1, 0.15) is 0 Å². The summed E-state index contributed by atoms with van der Waals surface area (Å²) in [7, 11) is 5.36. The van der Waals surface area contributed by atoms with Crippen molar-refractivity contribution in [2.24, 2.45) is 0 Å². The Labute approximate surface area is 158 Å². The molecule has 0 spiro atoms. The van der Waals surface area contributed by atoms with Gasteiger partial charge in [-0.2, -0.15) is 0 Å². The smallest absolute Gasteiger partial charge is 0.231 e. The van der Waals surface area contributed by atoms with Crippen LogP contribution in [0.3, 0.4) is 0 Å². The number of likely N-dealkylation sites (N-methyl/N-ethyl adjacent to an activating group) is 1. The molecule has 27 heavy (non-hydrogen) atoms. The second-order valence-electron chi connectivity index (χ2n) is 7.61. The van der Waals surface area contributed by atoms with Gasteiger partial charge in [0.15, 0.2) is 17.3 Å². The molecular formula is C21H23NO5. The molecule has 1 fully saturated rings. The average Bonchev–Trinajstić information content (AvgIpc) is 3.11. The fraction of sp³-hybridized carbons (Fsp3) is 0.476. The molecule has 2 aliphatic heterocycles. The van der Waals surface area contributed by atoms with E-state index in [9.17, 15) is 4.79 Å². The highest BCUT2D eigenvalue weighted by Gasteiger charge is 2.51. The number of aryl methyl sites for hydroxylation is 1. The molecule has 2 atom stereocenters. The number of carbonyl (C=O) groups excluding carboxylic acids is 1. The van der Waals surface area contributed by atoms with E-state index in [1.807, 2.05) is 6.08 Å². The minimum absolute atomic E-state index is 0.0633. The molecule has 6 nitrogen and oxygen atoms in total. The van der Waals surface area contributed by atoms with Crippen molar-refractivity contribution in [3.05, 3.63) is 40.7 Å². The summed E-state index contributed by atoms with van der Waals surface area (Å²) in [4.78, 5) is 15.0. The zero-order chi connectivity index (χ0) is 18.8. The third kappa shape index (κ3) is 2.13. The fourth-order valence-electron chi connectivity index (χ4n) is 5.19. The van der Waals surface area contributed by atoms with Gasteiger partial charge < -0.3 is 18.9 Å². The summed E-state index contributed by atoms with van der Waals surface area (Å²) >= 11 is 0. The van der Waals surface area contributed by atoms with Crippen molar-refractivity contribution in [3.8, 4) is 17.2 Å². The normalized spacial score (nSPS) is 28.6. The number of fused-ring (bicyclic) bond motifs is 2. The first-order valence-corrected chi connectivity index (χ1v) is 9.32. The molecule has 0 amide bonds. The number of benzene rings is 1. The van der Waals surface area contributed by atoms with Crippen molar-refractivity contribution in [3.63, 3.8) is 0 Å². The summed E-state index contributed by atoms with van der Waals surface area (Å²) < 4.78 is 22.7. The highest BCUT2D eigenvalue weighted by Crippen LogP contribution is 2.57. The minimum Gasteiger partial charge on any atom is -0.493 e. The predicted octanol–water partition coefficient (Wildman–Crippen LogP) is 2.35. The Morgan fingerprint density at radius 3 is 2.89 bits per heavy atom. The molecule has 2 heterocycles. The van der Waals surface area contributed by atoms with Crippen LogP contribution in [0, 0.1) is 0 Å². The Morgan fingerprint density at radius 2 is 2.11 bits per heavy atom. The van der Waals surface area contributed by atoms with Gasteiger partial charge in [-0.1, -0.05) is 0 Å². The van der Waals surface area contributed by atoms with Crippen molar-refractivity contribution in [2.45, 2.75) is 30.7 Å². The lowest BCUT2D eigenvalue weighted by Gasteiger charge is -2.47. The third-order valence-corrected chi connectivity index (χ3v) is 6.43. The van der Waals surface area contributed by atoms with Gasteiger partial charge in [-0.3, -0.25) is 9.69 Å². The van der Waals surface area contributed by atoms with Crippen molar-refractivity contribution < 1.29 is 23.7 Å². The van der Waals surface area contributed by atoms with Crippen LogP contribution in [0.4, 0.5) is 0 Å². The molecule has 1 aromatic rings. The minimum atomic E-state index is -0.422. The molecule has 0 saturated carbocycles. The number of carbonyl (C=O) groups is 1. The number of ether oxygens (including phenoxy) is 4. The number of likely N-dealkylation sites (tertiary alicyclic amines) is 1. The maximum absolute atomic E-state index is 12.6. The Kier molecular flexibility index (Phi) is 3.56. The molecule has 0 aromatic heterocycles. The summed E-state index contributed by atoms with van der Waals surface area (Å²) in [6, 6.07) is 2.30. The molecule has 142 valence electrons. The number of ketones is 1. The van der Waals surface area contributed by atoms with E-state index < -0.39 is 5.41 Å². The lowest BCUT2D eigenvalue weighted by molar-refractivity contribution is -0.114. The largest absolute Gasteiger partial charge is 0.493 e. The monoisotopic (exact) mass is 369 g/mol. The van der Waals surface area contributed by atoms with Crippen LogP contribution >= 0.6 is 0 Å². The van der Waals surface area contributed by atoms with Crippen LogP contribution in [0.1, 0.15) is 24.0 Å². The van der Waals surface area contributed by atoms with Crippen LogP contribution in [0.15, 0.2) is 29.6 Å². The van der Waals surface area contributed by atoms with Gasteiger partial charge in [-0.05, 0) is 62.2 Å². The van der Waals surface area contributed by atoms with Gasteiger partial charge in [0.25, 0.3) is 0 Å².